The molecule has 14 heteroatoms. The number of halogens is 3. The average molecular weight is 548 g/mol. The lowest BCUT2D eigenvalue weighted by atomic mass is 10.2. The number of ether oxygens (including phenoxy) is 3. The summed E-state index contributed by atoms with van der Waals surface area (Å²) in [5.41, 5.74) is 6.05. The van der Waals surface area contributed by atoms with Crippen molar-refractivity contribution in [2.45, 2.75) is 11.3 Å². The summed E-state index contributed by atoms with van der Waals surface area (Å²) in [6, 6.07) is 13.3. The molecule has 0 saturated carbocycles. The minimum atomic E-state index is -4.44. The first kappa shape index (κ1) is 27.2. The third-order valence-corrected chi connectivity index (χ3v) is 5.69. The molecular weight excluding hydrogens is 523 g/mol. The molecule has 0 aliphatic carbocycles. The Kier molecular flexibility index (Phi) is 8.99. The first-order chi connectivity index (χ1) is 18.3. The first-order valence-corrected chi connectivity index (χ1v) is 12.3. The summed E-state index contributed by atoms with van der Waals surface area (Å²) in [6.07, 6.45) is -4.44. The van der Waals surface area contributed by atoms with Crippen molar-refractivity contribution in [2.24, 2.45) is 0 Å². The van der Waals surface area contributed by atoms with Crippen molar-refractivity contribution in [1.82, 2.24) is 25.1 Å². The first-order valence-electron chi connectivity index (χ1n) is 11.3. The van der Waals surface area contributed by atoms with Crippen LogP contribution in [0.25, 0.3) is 11.4 Å². The van der Waals surface area contributed by atoms with Crippen molar-refractivity contribution < 1.29 is 27.4 Å². The van der Waals surface area contributed by atoms with Gasteiger partial charge in [0.15, 0.2) is 11.0 Å². The Morgan fingerprint density at radius 2 is 1.82 bits per heavy atom. The molecule has 0 fully saturated rings. The molecule has 4 rings (SSSR count). The van der Waals surface area contributed by atoms with E-state index in [9.17, 15) is 13.2 Å². The fraction of sp³-hybridized carbons (Fsp3) is 0.250. The predicted molar refractivity (Wildman–Crippen MR) is 136 cm³/mol. The van der Waals surface area contributed by atoms with Crippen molar-refractivity contribution in [3.63, 3.8) is 0 Å². The Bertz CT molecular complexity index is 1340. The van der Waals surface area contributed by atoms with E-state index in [0.29, 0.717) is 53.7 Å². The number of nitrogens with one attached hydrogen (secondary N) is 2. The van der Waals surface area contributed by atoms with Crippen LogP contribution < -0.4 is 15.8 Å². The number of nitrogens with two attached hydrogens (primary N) is 1. The summed E-state index contributed by atoms with van der Waals surface area (Å²) in [4.78, 5) is 11.5. The topological polar surface area (TPSA) is 133 Å². The monoisotopic (exact) mass is 547 g/mol. The number of aromatic nitrogens is 5. The van der Waals surface area contributed by atoms with Crippen molar-refractivity contribution in [3.8, 4) is 23.0 Å². The Hall–Kier alpha value is -3.88. The molecule has 38 heavy (non-hydrogen) atoms. The number of thioether (sulfide) groups is 1. The molecule has 4 N–H and O–H groups in total. The van der Waals surface area contributed by atoms with E-state index < -0.39 is 11.7 Å². The van der Waals surface area contributed by atoms with Gasteiger partial charge in [0.1, 0.15) is 11.6 Å². The van der Waals surface area contributed by atoms with Crippen LogP contribution in [0.2, 0.25) is 0 Å². The van der Waals surface area contributed by atoms with Crippen LogP contribution >= 0.6 is 11.8 Å². The molecule has 0 radical (unpaired) electrons. The number of nitrogen functional groups attached to an aromatic ring is 1. The number of hydrogen-bond acceptors (Lipinski definition) is 10. The summed E-state index contributed by atoms with van der Waals surface area (Å²) < 4.78 is 55.0. The van der Waals surface area contributed by atoms with Gasteiger partial charge in [0.25, 0.3) is 0 Å². The Balaban J connectivity index is 1.35. The summed E-state index contributed by atoms with van der Waals surface area (Å²) in [7, 11) is 1.61. The quantitative estimate of drug-likeness (QED) is 0.124. The highest BCUT2D eigenvalue weighted by Gasteiger charge is 2.30. The summed E-state index contributed by atoms with van der Waals surface area (Å²) in [5.74, 6) is 2.34. The van der Waals surface area contributed by atoms with Crippen LogP contribution in [0.1, 0.15) is 5.56 Å². The normalized spacial score (nSPS) is 11.5. The van der Waals surface area contributed by atoms with Crippen molar-refractivity contribution in [2.75, 3.05) is 43.7 Å². The lowest BCUT2D eigenvalue weighted by Gasteiger charge is -2.09. The molecule has 4 aromatic rings. The van der Waals surface area contributed by atoms with Gasteiger partial charge in [-0.2, -0.15) is 18.2 Å². The maximum Gasteiger partial charge on any atom is 0.416 e. The summed E-state index contributed by atoms with van der Waals surface area (Å²) >= 11 is 1.39. The van der Waals surface area contributed by atoms with Crippen molar-refractivity contribution in [1.29, 1.82) is 0 Å². The number of hydrogen-bond donors (Lipinski definition) is 3. The number of nitrogens with zero attached hydrogens (tertiary/aromatic N) is 4. The molecule has 0 atom stereocenters. The molecule has 2 heterocycles. The average Bonchev–Trinajstić information content (AvgIpc) is 3.34. The Morgan fingerprint density at radius 1 is 1.00 bits per heavy atom. The fourth-order valence-corrected chi connectivity index (χ4v) is 3.84. The molecule has 2 aromatic heterocycles. The van der Waals surface area contributed by atoms with Gasteiger partial charge in [0, 0.05) is 30.2 Å². The second-order valence-electron chi connectivity index (χ2n) is 7.72. The van der Waals surface area contributed by atoms with Crippen molar-refractivity contribution in [3.05, 3.63) is 60.2 Å². The zero-order valence-corrected chi connectivity index (χ0v) is 21.0. The number of anilines is 3. The van der Waals surface area contributed by atoms with Gasteiger partial charge >= 0.3 is 6.18 Å². The van der Waals surface area contributed by atoms with Gasteiger partial charge in [0.05, 0.1) is 25.4 Å². The number of benzene rings is 2. The zero-order valence-electron chi connectivity index (χ0n) is 20.2. The van der Waals surface area contributed by atoms with Crippen LogP contribution in [0.4, 0.5) is 30.6 Å². The molecule has 2 aromatic carbocycles. The van der Waals surface area contributed by atoms with Crippen LogP contribution in [0.15, 0.2) is 59.8 Å². The lowest BCUT2D eigenvalue weighted by Crippen LogP contribution is -2.05. The van der Waals surface area contributed by atoms with Crippen LogP contribution in [0, 0.1) is 0 Å². The number of rotatable bonds is 12. The molecule has 0 aliphatic rings. The number of methoxy groups -OCH3 is 1. The summed E-state index contributed by atoms with van der Waals surface area (Å²) in [5, 5.41) is 11.3. The second-order valence-corrected chi connectivity index (χ2v) is 8.78. The largest absolute Gasteiger partial charge is 0.439 e. The molecular formula is C24H24F3N7O3S. The SMILES string of the molecule is COCCOCCSc1nc(N)cc(Oc2ccc(-c3nnc(Nc4cccc(C(F)(F)F)c4)[nH]3)cc2)n1. The van der Waals surface area contributed by atoms with Gasteiger partial charge in [0.2, 0.25) is 11.8 Å². The number of aromatic amines is 1. The third kappa shape index (κ3) is 7.81. The fourth-order valence-electron chi connectivity index (χ4n) is 3.13. The van der Waals surface area contributed by atoms with Crippen molar-refractivity contribution >= 4 is 29.2 Å². The highest BCUT2D eigenvalue weighted by Crippen LogP contribution is 2.31. The highest BCUT2D eigenvalue weighted by molar-refractivity contribution is 7.99. The molecule has 200 valence electrons. The van der Waals surface area contributed by atoms with E-state index in [1.165, 1.54) is 30.0 Å². The standard InChI is InChI=1S/C24H24F3N7O3S/c1-35-9-10-36-11-12-38-23-30-19(28)14-20(31-23)37-18-7-5-15(6-8-18)21-32-22(34-33-21)29-17-4-2-3-16(13-17)24(25,26)27/h2-8,13-14H,9-12H2,1H3,(H2,28,30,31)(H2,29,32,33,34). The van der Waals surface area contributed by atoms with E-state index in [1.807, 2.05) is 0 Å². The molecule has 10 nitrogen and oxygen atoms in total. The van der Waals surface area contributed by atoms with E-state index >= 15 is 0 Å². The van der Waals surface area contributed by atoms with E-state index in [-0.39, 0.29) is 17.5 Å². The lowest BCUT2D eigenvalue weighted by molar-refractivity contribution is -0.137. The Morgan fingerprint density at radius 3 is 2.58 bits per heavy atom. The highest BCUT2D eigenvalue weighted by atomic mass is 32.2. The molecule has 0 amide bonds. The minimum Gasteiger partial charge on any atom is -0.439 e. The smallest absolute Gasteiger partial charge is 0.416 e. The van der Waals surface area contributed by atoms with Crippen LogP contribution in [0.5, 0.6) is 11.6 Å². The number of H-pyrrole nitrogens is 1. The van der Waals surface area contributed by atoms with E-state index in [4.69, 9.17) is 19.9 Å². The second kappa shape index (κ2) is 12.6. The van der Waals surface area contributed by atoms with Crippen LogP contribution in [-0.2, 0) is 15.7 Å². The van der Waals surface area contributed by atoms with Gasteiger partial charge in [-0.15, -0.1) is 10.2 Å². The van der Waals surface area contributed by atoms with E-state index in [1.54, 1.807) is 31.4 Å². The van der Waals surface area contributed by atoms with Gasteiger partial charge in [-0.1, -0.05) is 17.8 Å². The van der Waals surface area contributed by atoms with Gasteiger partial charge in [-0.25, -0.2) is 4.98 Å². The zero-order chi connectivity index (χ0) is 27.0. The summed E-state index contributed by atoms with van der Waals surface area (Å²) in [6.45, 7) is 1.56. The van der Waals surface area contributed by atoms with Gasteiger partial charge in [-0.3, -0.25) is 0 Å². The Labute approximate surface area is 220 Å². The molecule has 0 saturated heterocycles. The van der Waals surface area contributed by atoms with Crippen LogP contribution in [0.3, 0.4) is 0 Å². The number of alkyl halides is 3. The van der Waals surface area contributed by atoms with Gasteiger partial charge < -0.3 is 30.2 Å². The maximum atomic E-state index is 12.9. The van der Waals surface area contributed by atoms with E-state index in [0.717, 1.165) is 12.1 Å². The van der Waals surface area contributed by atoms with Crippen LogP contribution in [-0.4, -0.2) is 57.8 Å². The maximum absolute atomic E-state index is 12.9. The molecule has 0 unspecified atom stereocenters. The molecule has 0 aliphatic heterocycles. The minimum absolute atomic E-state index is 0.199. The van der Waals surface area contributed by atoms with Gasteiger partial charge in [-0.05, 0) is 42.5 Å². The van der Waals surface area contributed by atoms with E-state index in [2.05, 4.69) is 30.5 Å². The molecule has 0 spiro atoms. The third-order valence-electron chi connectivity index (χ3n) is 4.88. The predicted octanol–water partition coefficient (Wildman–Crippen LogP) is 5.15. The molecule has 0 bridgehead atoms.